The van der Waals surface area contributed by atoms with Crippen molar-refractivity contribution in [2.24, 2.45) is 0 Å². The van der Waals surface area contributed by atoms with E-state index in [1.807, 2.05) is 19.1 Å². The molecule has 1 atom stereocenters. The van der Waals surface area contributed by atoms with Crippen LogP contribution < -0.4 is 15.2 Å². The number of anilines is 1. The van der Waals surface area contributed by atoms with Crippen molar-refractivity contribution in [1.82, 2.24) is 9.29 Å². The Hall–Kier alpha value is -2.89. The number of benzene rings is 2. The van der Waals surface area contributed by atoms with E-state index in [-0.39, 0.29) is 5.71 Å². The van der Waals surface area contributed by atoms with E-state index in [1.165, 1.54) is 10.6 Å². The van der Waals surface area contributed by atoms with Gasteiger partial charge >= 0.3 is 0 Å². The summed E-state index contributed by atoms with van der Waals surface area (Å²) in [5.74, 6) is 0.320. The molecule has 0 unspecified atom stereocenters. The molecule has 5 rings (SSSR count). The number of hydrogen-bond acceptors (Lipinski definition) is 8. The first kappa shape index (κ1) is 28.6. The zero-order valence-corrected chi connectivity index (χ0v) is 24.7. The molecule has 0 aliphatic carbocycles. The van der Waals surface area contributed by atoms with Crippen LogP contribution in [0, 0.1) is 12.3 Å². The second kappa shape index (κ2) is 10.8. The fraction of sp³-hybridized carbons (Fsp3) is 0.357. The number of aryl methyl sites for hydroxylation is 1. The number of halogens is 2. The molecule has 2 aromatic carbocycles. The van der Waals surface area contributed by atoms with E-state index in [2.05, 4.69) is 4.98 Å². The van der Waals surface area contributed by atoms with Gasteiger partial charge in [0.25, 0.3) is 0 Å². The van der Waals surface area contributed by atoms with Gasteiger partial charge in [0, 0.05) is 60.1 Å². The highest BCUT2D eigenvalue weighted by Gasteiger charge is 2.42. The van der Waals surface area contributed by atoms with Gasteiger partial charge in [0.2, 0.25) is 15.8 Å². The van der Waals surface area contributed by atoms with Crippen LogP contribution in [0.15, 0.2) is 42.6 Å². The molecule has 1 saturated heterocycles. The van der Waals surface area contributed by atoms with Crippen LogP contribution in [-0.2, 0) is 21.4 Å². The Morgan fingerprint density at radius 3 is 2.62 bits per heavy atom. The average Bonchev–Trinajstić information content (AvgIpc) is 2.91. The first-order valence-electron chi connectivity index (χ1n) is 12.7. The van der Waals surface area contributed by atoms with Gasteiger partial charge in [0.1, 0.15) is 17.6 Å². The molecule has 0 amide bonds. The number of pyridine rings is 1. The van der Waals surface area contributed by atoms with Crippen LogP contribution in [0.25, 0.3) is 0 Å². The second-order valence-electron chi connectivity index (χ2n) is 10.1. The molecule has 0 bridgehead atoms. The lowest BCUT2D eigenvalue weighted by molar-refractivity contribution is -0.223. The van der Waals surface area contributed by atoms with Gasteiger partial charge in [-0.3, -0.25) is 10.4 Å². The van der Waals surface area contributed by atoms with Crippen molar-refractivity contribution >= 4 is 44.6 Å². The third-order valence-electron chi connectivity index (χ3n) is 7.29. The van der Waals surface area contributed by atoms with Gasteiger partial charge < -0.3 is 19.9 Å². The number of nitrogens with zero attached hydrogens (tertiary/aromatic N) is 2. The van der Waals surface area contributed by atoms with Gasteiger partial charge in [-0.05, 0) is 50.2 Å². The normalized spacial score (nSPS) is 17.6. The Bertz CT molecular complexity index is 1590. The van der Waals surface area contributed by atoms with Gasteiger partial charge in [-0.2, -0.15) is 0 Å². The lowest BCUT2D eigenvalue weighted by Crippen LogP contribution is -2.52. The fourth-order valence-electron chi connectivity index (χ4n) is 4.99. The maximum Gasteiger partial charge on any atom is 0.213 e. The molecule has 2 aliphatic rings. The summed E-state index contributed by atoms with van der Waals surface area (Å²) in [4.78, 5) is 4.17. The third-order valence-corrected chi connectivity index (χ3v) is 9.37. The van der Waals surface area contributed by atoms with Crippen molar-refractivity contribution in [2.75, 3.05) is 25.1 Å². The predicted molar refractivity (Wildman–Crippen MR) is 155 cm³/mol. The molecule has 212 valence electrons. The summed E-state index contributed by atoms with van der Waals surface area (Å²) >= 11 is 12.8. The lowest BCUT2D eigenvalue weighted by atomic mass is 9.97. The highest BCUT2D eigenvalue weighted by atomic mass is 35.5. The summed E-state index contributed by atoms with van der Waals surface area (Å²) in [6, 6.07) is 10.6. The van der Waals surface area contributed by atoms with E-state index < -0.39 is 21.9 Å². The minimum absolute atomic E-state index is 0.218. The molecule has 12 heteroatoms. The maximum atomic E-state index is 11.9. The Morgan fingerprint density at radius 2 is 1.93 bits per heavy atom. The Kier molecular flexibility index (Phi) is 7.75. The molecule has 0 radical (unpaired) electrons. The average molecular weight is 606 g/mol. The number of nitrogens with one attached hydrogen (secondary N) is 1. The van der Waals surface area contributed by atoms with E-state index >= 15 is 0 Å². The summed E-state index contributed by atoms with van der Waals surface area (Å²) in [5, 5.41) is 9.77. The van der Waals surface area contributed by atoms with Crippen molar-refractivity contribution in [2.45, 2.75) is 45.2 Å². The van der Waals surface area contributed by atoms with Crippen molar-refractivity contribution in [3.8, 4) is 11.5 Å². The van der Waals surface area contributed by atoms with E-state index in [4.69, 9.17) is 48.6 Å². The number of aromatic nitrogens is 1. The molecule has 0 saturated carbocycles. The second-order valence-corrected chi connectivity index (χ2v) is 12.9. The summed E-state index contributed by atoms with van der Waals surface area (Å²) in [7, 11) is -3.25. The summed E-state index contributed by atoms with van der Waals surface area (Å²) < 4.78 is 43.7. The van der Waals surface area contributed by atoms with Gasteiger partial charge in [0.05, 0.1) is 34.3 Å². The Balaban J connectivity index is 1.33. The number of piperidine rings is 1. The minimum Gasteiger partial charge on any atom is -0.486 e. The molecule has 1 aromatic heterocycles. The number of sulfonamides is 1. The molecule has 2 aliphatic heterocycles. The lowest BCUT2D eigenvalue weighted by Gasteiger charge is -2.43. The molecular weight excluding hydrogens is 575 g/mol. The molecular formula is C28H30Cl2N4O5S. The molecule has 9 nitrogen and oxygen atoms in total. The molecule has 40 heavy (non-hydrogen) atoms. The third kappa shape index (κ3) is 5.64. The van der Waals surface area contributed by atoms with E-state index in [1.54, 1.807) is 37.4 Å². The molecule has 3 N–H and O–H groups in total. The van der Waals surface area contributed by atoms with Crippen LogP contribution >= 0.6 is 23.2 Å². The molecule has 1 spiro atoms. The number of rotatable bonds is 6. The monoisotopic (exact) mass is 604 g/mol. The van der Waals surface area contributed by atoms with Crippen LogP contribution in [0.5, 0.6) is 11.5 Å². The van der Waals surface area contributed by atoms with Crippen molar-refractivity contribution in [1.29, 1.82) is 5.41 Å². The summed E-state index contributed by atoms with van der Waals surface area (Å²) in [5.41, 5.74) is 10.2. The molecule has 3 aromatic rings. The molecule has 1 fully saturated rings. The van der Waals surface area contributed by atoms with Gasteiger partial charge in [-0.25, -0.2) is 12.7 Å². The van der Waals surface area contributed by atoms with E-state index in [0.717, 1.165) is 5.56 Å². The van der Waals surface area contributed by atoms with Gasteiger partial charge in [-0.15, -0.1) is 0 Å². The summed E-state index contributed by atoms with van der Waals surface area (Å²) in [6.45, 7) is 4.61. The van der Waals surface area contributed by atoms with Crippen molar-refractivity contribution < 1.29 is 22.6 Å². The minimum atomic E-state index is -3.25. The standard InChI is InChI=1S/C28H30Cl2N4O5S/c1-16-26(30)25(22(29)14-33-16)17(2)38-20-5-6-23(31)21(13-20)27(32)18-4-7-24-19(12-18)15-37-28(39-24)8-10-34(11-9-28)40(3,35)36/h4-7,12-14,17,32H,8-11,15,31H2,1-3H3/t17-/m1/s1. The van der Waals surface area contributed by atoms with Crippen LogP contribution in [0.2, 0.25) is 10.0 Å². The SMILES string of the molecule is Cc1ncc(Cl)c([C@@H](C)Oc2ccc(N)c(C(=N)c3ccc4c(c3)COC3(CCN(S(C)(=O)=O)CC3)O4)c2)c1Cl. The highest BCUT2D eigenvalue weighted by Crippen LogP contribution is 2.39. The number of ether oxygens (including phenoxy) is 3. The first-order chi connectivity index (χ1) is 18.9. The summed E-state index contributed by atoms with van der Waals surface area (Å²) in [6.07, 6.45) is 3.16. The zero-order chi connectivity index (χ0) is 28.8. The topological polar surface area (TPSA) is 128 Å². The predicted octanol–water partition coefficient (Wildman–Crippen LogP) is 5.50. The number of hydrogen-bond donors (Lipinski definition) is 2. The van der Waals surface area contributed by atoms with Crippen LogP contribution in [0.4, 0.5) is 5.69 Å². The number of fused-ring (bicyclic) bond motifs is 1. The zero-order valence-electron chi connectivity index (χ0n) is 22.3. The fourth-order valence-corrected chi connectivity index (χ4v) is 6.48. The van der Waals surface area contributed by atoms with Crippen LogP contribution in [0.3, 0.4) is 0 Å². The van der Waals surface area contributed by atoms with E-state index in [9.17, 15) is 8.42 Å². The highest BCUT2D eigenvalue weighted by molar-refractivity contribution is 7.88. The van der Waals surface area contributed by atoms with Crippen LogP contribution in [0.1, 0.15) is 53.8 Å². The first-order valence-corrected chi connectivity index (χ1v) is 15.3. The Morgan fingerprint density at radius 1 is 1.20 bits per heavy atom. The van der Waals surface area contributed by atoms with Crippen molar-refractivity contribution in [3.05, 3.63) is 80.6 Å². The van der Waals surface area contributed by atoms with Gasteiger partial charge in [0.15, 0.2) is 0 Å². The van der Waals surface area contributed by atoms with Crippen molar-refractivity contribution in [3.63, 3.8) is 0 Å². The van der Waals surface area contributed by atoms with E-state index in [0.29, 0.717) is 82.2 Å². The smallest absolute Gasteiger partial charge is 0.213 e. The quantitative estimate of drug-likeness (QED) is 0.281. The van der Waals surface area contributed by atoms with Crippen LogP contribution in [-0.4, -0.2) is 48.6 Å². The van der Waals surface area contributed by atoms with Gasteiger partial charge in [-0.1, -0.05) is 23.2 Å². The largest absolute Gasteiger partial charge is 0.486 e. The number of nitrogens with two attached hydrogens (primary N) is 1. The Labute approximate surface area is 243 Å². The molecule has 3 heterocycles. The number of nitrogen functional groups attached to an aromatic ring is 1. The maximum absolute atomic E-state index is 11.9.